The van der Waals surface area contributed by atoms with Gasteiger partial charge in [0.1, 0.15) is 5.75 Å². The highest BCUT2D eigenvalue weighted by atomic mass is 35.7. The summed E-state index contributed by atoms with van der Waals surface area (Å²) >= 11 is 0. The number of H-pyrrole nitrogens is 1. The minimum absolute atomic E-state index is 0.201. The van der Waals surface area contributed by atoms with E-state index in [1.54, 1.807) is 18.3 Å². The van der Waals surface area contributed by atoms with Gasteiger partial charge < -0.3 is 9.17 Å². The lowest BCUT2D eigenvalue weighted by Gasteiger charge is -2.00. The zero-order valence-corrected chi connectivity index (χ0v) is 8.47. The van der Waals surface area contributed by atoms with Crippen LogP contribution in [-0.2, 0) is 9.33 Å². The van der Waals surface area contributed by atoms with Crippen LogP contribution in [-0.4, -0.2) is 13.4 Å². The van der Waals surface area contributed by atoms with E-state index in [1.165, 1.54) is 6.07 Å². The molecule has 0 fully saturated rings. The second-order valence-corrected chi connectivity index (χ2v) is 4.79. The van der Waals surface area contributed by atoms with Crippen LogP contribution < -0.4 is 4.18 Å². The molecule has 14 heavy (non-hydrogen) atoms. The first kappa shape index (κ1) is 9.36. The maximum Gasteiger partial charge on any atom is 0.401 e. The van der Waals surface area contributed by atoms with Crippen LogP contribution in [0.15, 0.2) is 30.5 Å². The number of hydrogen-bond donors (Lipinski definition) is 1. The van der Waals surface area contributed by atoms with Crippen LogP contribution >= 0.6 is 10.7 Å². The zero-order chi connectivity index (χ0) is 10.2. The molecular formula is C8H6ClNO3S. The molecule has 0 radical (unpaired) electrons. The Hall–Kier alpha value is -1.20. The minimum atomic E-state index is -3.97. The maximum absolute atomic E-state index is 10.6. The molecule has 0 amide bonds. The Morgan fingerprint density at radius 1 is 1.29 bits per heavy atom. The molecule has 2 rings (SSSR count). The molecule has 0 unspecified atom stereocenters. The average molecular weight is 232 g/mol. The van der Waals surface area contributed by atoms with Crippen LogP contribution in [0.4, 0.5) is 0 Å². The summed E-state index contributed by atoms with van der Waals surface area (Å²) in [7, 11) is 0.968. The van der Waals surface area contributed by atoms with Gasteiger partial charge in [0.15, 0.2) is 0 Å². The van der Waals surface area contributed by atoms with E-state index in [2.05, 4.69) is 9.17 Å². The van der Waals surface area contributed by atoms with Gasteiger partial charge in [0, 0.05) is 17.1 Å². The summed E-state index contributed by atoms with van der Waals surface area (Å²) in [5.74, 6) is 0.201. The second-order valence-electron chi connectivity index (χ2n) is 2.70. The molecule has 2 aromatic rings. The standard InChI is InChI=1S/C8H6ClNO3S/c9-14(11,12)13-7-1-2-8-6(5-7)3-4-10-8/h1-5,10H. The van der Waals surface area contributed by atoms with Gasteiger partial charge in [-0.15, -0.1) is 0 Å². The minimum Gasteiger partial charge on any atom is -0.371 e. The Labute approximate surface area is 85.1 Å². The third kappa shape index (κ3) is 2.00. The third-order valence-corrected chi connectivity index (χ3v) is 2.30. The molecule has 0 aliphatic rings. The lowest BCUT2D eigenvalue weighted by molar-refractivity contribution is 0.504. The molecule has 0 saturated carbocycles. The summed E-state index contributed by atoms with van der Waals surface area (Å²) in [6.45, 7) is 0. The largest absolute Gasteiger partial charge is 0.401 e. The van der Waals surface area contributed by atoms with Crippen molar-refractivity contribution < 1.29 is 12.6 Å². The molecule has 0 bridgehead atoms. The van der Waals surface area contributed by atoms with Crippen molar-refractivity contribution in [1.82, 2.24) is 4.98 Å². The van der Waals surface area contributed by atoms with Gasteiger partial charge in [0.2, 0.25) is 0 Å². The summed E-state index contributed by atoms with van der Waals surface area (Å²) < 4.78 is 25.7. The average Bonchev–Trinajstić information content (AvgIpc) is 2.47. The third-order valence-electron chi connectivity index (χ3n) is 1.72. The molecule has 1 N–H and O–H groups in total. The van der Waals surface area contributed by atoms with Crippen molar-refractivity contribution in [2.24, 2.45) is 0 Å². The topological polar surface area (TPSA) is 59.2 Å². The Morgan fingerprint density at radius 2 is 2.07 bits per heavy atom. The van der Waals surface area contributed by atoms with Gasteiger partial charge in [-0.25, -0.2) is 0 Å². The van der Waals surface area contributed by atoms with E-state index in [0.717, 1.165) is 10.9 Å². The monoisotopic (exact) mass is 231 g/mol. The number of nitrogens with one attached hydrogen (secondary N) is 1. The van der Waals surface area contributed by atoms with Crippen molar-refractivity contribution in [3.8, 4) is 5.75 Å². The van der Waals surface area contributed by atoms with E-state index in [4.69, 9.17) is 10.7 Å². The van der Waals surface area contributed by atoms with Gasteiger partial charge in [-0.3, -0.25) is 0 Å². The summed E-state index contributed by atoms with van der Waals surface area (Å²) in [6, 6.07) is 6.64. The Morgan fingerprint density at radius 3 is 2.79 bits per heavy atom. The first-order valence-electron chi connectivity index (χ1n) is 3.76. The van der Waals surface area contributed by atoms with Crippen molar-refractivity contribution in [1.29, 1.82) is 0 Å². The molecule has 0 saturated heterocycles. The lowest BCUT2D eigenvalue weighted by atomic mass is 10.2. The number of aromatic nitrogens is 1. The van der Waals surface area contributed by atoms with Crippen molar-refractivity contribution in [2.75, 3.05) is 0 Å². The van der Waals surface area contributed by atoms with Crippen molar-refractivity contribution in [3.05, 3.63) is 30.5 Å². The summed E-state index contributed by atoms with van der Waals surface area (Å²) in [5.41, 5.74) is 0.907. The highest BCUT2D eigenvalue weighted by Crippen LogP contribution is 2.21. The quantitative estimate of drug-likeness (QED) is 0.805. The Balaban J connectivity index is 2.44. The molecule has 1 heterocycles. The first-order valence-corrected chi connectivity index (χ1v) is 5.99. The maximum atomic E-state index is 10.6. The van der Waals surface area contributed by atoms with E-state index in [9.17, 15) is 8.42 Å². The lowest BCUT2D eigenvalue weighted by Crippen LogP contribution is -1.99. The van der Waals surface area contributed by atoms with Crippen molar-refractivity contribution in [2.45, 2.75) is 0 Å². The van der Waals surface area contributed by atoms with Crippen LogP contribution in [0.1, 0.15) is 0 Å². The van der Waals surface area contributed by atoms with Crippen LogP contribution in [0.3, 0.4) is 0 Å². The van der Waals surface area contributed by atoms with Gasteiger partial charge >= 0.3 is 9.33 Å². The molecule has 1 aromatic heterocycles. The fraction of sp³-hybridized carbons (Fsp3) is 0. The molecule has 0 spiro atoms. The summed E-state index contributed by atoms with van der Waals surface area (Å²) in [4.78, 5) is 2.97. The molecule has 74 valence electrons. The number of hydrogen-bond acceptors (Lipinski definition) is 3. The molecule has 0 aliphatic carbocycles. The van der Waals surface area contributed by atoms with Crippen LogP contribution in [0.25, 0.3) is 10.9 Å². The summed E-state index contributed by atoms with van der Waals surface area (Å²) in [5, 5.41) is 0.864. The molecule has 6 heteroatoms. The molecular weight excluding hydrogens is 226 g/mol. The van der Waals surface area contributed by atoms with Crippen LogP contribution in [0, 0.1) is 0 Å². The second kappa shape index (κ2) is 3.18. The van der Waals surface area contributed by atoms with E-state index in [0.29, 0.717) is 0 Å². The normalized spacial score (nSPS) is 11.8. The van der Waals surface area contributed by atoms with Crippen LogP contribution in [0.2, 0.25) is 0 Å². The zero-order valence-electron chi connectivity index (χ0n) is 6.90. The predicted octanol–water partition coefficient (Wildman–Crippen LogP) is 2.03. The van der Waals surface area contributed by atoms with Crippen molar-refractivity contribution in [3.63, 3.8) is 0 Å². The highest BCUT2D eigenvalue weighted by Gasteiger charge is 2.07. The van der Waals surface area contributed by atoms with Crippen molar-refractivity contribution >= 4 is 30.9 Å². The molecule has 4 nitrogen and oxygen atoms in total. The SMILES string of the molecule is O=S(=O)(Cl)Oc1ccc2[nH]ccc2c1. The van der Waals surface area contributed by atoms with Gasteiger partial charge in [0.05, 0.1) is 10.7 Å². The molecule has 0 aliphatic heterocycles. The van der Waals surface area contributed by atoms with Crippen LogP contribution in [0.5, 0.6) is 5.75 Å². The Bertz CT molecular complexity index is 561. The summed E-state index contributed by atoms with van der Waals surface area (Å²) in [6.07, 6.45) is 1.75. The smallest absolute Gasteiger partial charge is 0.371 e. The Kier molecular flexibility index (Phi) is 2.13. The number of fused-ring (bicyclic) bond motifs is 1. The van der Waals surface area contributed by atoms with Gasteiger partial charge in [-0.05, 0) is 24.3 Å². The number of halogens is 1. The predicted molar refractivity (Wildman–Crippen MR) is 53.7 cm³/mol. The molecule has 1 aromatic carbocycles. The van der Waals surface area contributed by atoms with E-state index >= 15 is 0 Å². The van der Waals surface area contributed by atoms with E-state index in [-0.39, 0.29) is 5.75 Å². The highest BCUT2D eigenvalue weighted by molar-refractivity contribution is 8.10. The van der Waals surface area contributed by atoms with E-state index < -0.39 is 9.33 Å². The number of benzene rings is 1. The van der Waals surface area contributed by atoms with E-state index in [1.807, 2.05) is 6.07 Å². The first-order chi connectivity index (χ1) is 6.54. The van der Waals surface area contributed by atoms with Gasteiger partial charge in [-0.1, -0.05) is 0 Å². The fourth-order valence-electron chi connectivity index (χ4n) is 1.20. The van der Waals surface area contributed by atoms with Gasteiger partial charge in [-0.2, -0.15) is 8.42 Å². The fourth-order valence-corrected chi connectivity index (χ4v) is 1.75. The number of aromatic amines is 1. The number of rotatable bonds is 2. The van der Waals surface area contributed by atoms with Gasteiger partial charge in [0.25, 0.3) is 0 Å². The molecule has 0 atom stereocenters.